The molecule has 0 aromatic heterocycles. The molecule has 1 rings (SSSR count). The van der Waals surface area contributed by atoms with Gasteiger partial charge in [-0.1, -0.05) is 0 Å². The van der Waals surface area contributed by atoms with Gasteiger partial charge in [-0.3, -0.25) is 0 Å². The van der Waals surface area contributed by atoms with Crippen LogP contribution in [-0.2, 0) is 9.47 Å². The number of aliphatic hydroxyl groups excluding tert-OH is 1. The van der Waals surface area contributed by atoms with E-state index in [9.17, 15) is 0 Å². The zero-order valence-electron chi connectivity index (χ0n) is 8.04. The molecular weight excluding hydrogens is 156 g/mol. The molecule has 3 atom stereocenters. The predicted octanol–water partition coefficient (Wildman–Crippen LogP) is 0.809. The van der Waals surface area contributed by atoms with Crippen molar-refractivity contribution in [2.24, 2.45) is 5.92 Å². The van der Waals surface area contributed by atoms with E-state index >= 15 is 0 Å². The van der Waals surface area contributed by atoms with Gasteiger partial charge in [0.1, 0.15) is 0 Å². The first-order chi connectivity index (χ1) is 5.58. The predicted molar refractivity (Wildman–Crippen MR) is 46.0 cm³/mol. The van der Waals surface area contributed by atoms with E-state index in [0.29, 0.717) is 12.5 Å². The van der Waals surface area contributed by atoms with Gasteiger partial charge in [0.15, 0.2) is 0 Å². The van der Waals surface area contributed by atoms with E-state index in [1.807, 2.05) is 0 Å². The van der Waals surface area contributed by atoms with Crippen molar-refractivity contribution < 1.29 is 14.6 Å². The van der Waals surface area contributed by atoms with Crippen molar-refractivity contribution in [1.29, 1.82) is 0 Å². The SMILES string of the molecule is COCC1CC1(C)OCC(C)O. The molecule has 0 amide bonds. The van der Waals surface area contributed by atoms with Gasteiger partial charge in [-0.25, -0.2) is 0 Å². The number of methoxy groups -OCH3 is 1. The third-order valence-electron chi connectivity index (χ3n) is 2.38. The minimum Gasteiger partial charge on any atom is -0.391 e. The normalized spacial score (nSPS) is 36.5. The fourth-order valence-electron chi connectivity index (χ4n) is 1.35. The molecule has 12 heavy (non-hydrogen) atoms. The van der Waals surface area contributed by atoms with E-state index in [-0.39, 0.29) is 11.7 Å². The molecular formula is C9H18O3. The molecule has 3 unspecified atom stereocenters. The van der Waals surface area contributed by atoms with Crippen LogP contribution in [0.1, 0.15) is 20.3 Å². The summed E-state index contributed by atoms with van der Waals surface area (Å²) in [6.45, 7) is 4.99. The number of aliphatic hydroxyl groups is 1. The Balaban J connectivity index is 2.16. The average Bonchev–Trinajstić information content (AvgIpc) is 2.60. The highest BCUT2D eigenvalue weighted by molar-refractivity contribution is 5.01. The molecule has 0 aromatic carbocycles. The van der Waals surface area contributed by atoms with Crippen LogP contribution in [0.25, 0.3) is 0 Å². The van der Waals surface area contributed by atoms with Crippen LogP contribution in [0.4, 0.5) is 0 Å². The fourth-order valence-corrected chi connectivity index (χ4v) is 1.35. The Hall–Kier alpha value is -0.120. The summed E-state index contributed by atoms with van der Waals surface area (Å²) in [6, 6.07) is 0. The van der Waals surface area contributed by atoms with Crippen LogP contribution in [-0.4, -0.2) is 37.1 Å². The molecule has 0 aromatic rings. The van der Waals surface area contributed by atoms with E-state index in [1.54, 1.807) is 14.0 Å². The van der Waals surface area contributed by atoms with Gasteiger partial charge in [0, 0.05) is 13.0 Å². The maximum absolute atomic E-state index is 9.00. The first-order valence-electron chi connectivity index (χ1n) is 4.39. The maximum atomic E-state index is 9.00. The van der Waals surface area contributed by atoms with Gasteiger partial charge in [-0.15, -0.1) is 0 Å². The summed E-state index contributed by atoms with van der Waals surface area (Å²) < 4.78 is 10.6. The lowest BCUT2D eigenvalue weighted by Gasteiger charge is -2.14. The summed E-state index contributed by atoms with van der Waals surface area (Å²) in [4.78, 5) is 0. The highest BCUT2D eigenvalue weighted by atomic mass is 16.5. The summed E-state index contributed by atoms with van der Waals surface area (Å²) in [5.74, 6) is 0.515. The lowest BCUT2D eigenvalue weighted by molar-refractivity contribution is -0.0227. The molecule has 1 N–H and O–H groups in total. The Morgan fingerprint density at radius 2 is 2.33 bits per heavy atom. The van der Waals surface area contributed by atoms with Gasteiger partial charge < -0.3 is 14.6 Å². The Kier molecular flexibility index (Phi) is 3.09. The number of hydrogen-bond acceptors (Lipinski definition) is 3. The van der Waals surface area contributed by atoms with Crippen molar-refractivity contribution in [2.45, 2.75) is 32.0 Å². The monoisotopic (exact) mass is 174 g/mol. The third kappa shape index (κ3) is 2.44. The molecule has 0 spiro atoms. The Morgan fingerprint density at radius 3 is 2.83 bits per heavy atom. The van der Waals surface area contributed by atoms with E-state index in [1.165, 1.54) is 0 Å². The van der Waals surface area contributed by atoms with E-state index < -0.39 is 0 Å². The first-order valence-corrected chi connectivity index (χ1v) is 4.39. The Bertz CT molecular complexity index is 147. The molecule has 3 heteroatoms. The molecule has 0 radical (unpaired) electrons. The van der Waals surface area contributed by atoms with Gasteiger partial charge in [0.2, 0.25) is 0 Å². The Morgan fingerprint density at radius 1 is 1.67 bits per heavy atom. The third-order valence-corrected chi connectivity index (χ3v) is 2.38. The van der Waals surface area contributed by atoms with Crippen LogP contribution in [0.2, 0.25) is 0 Å². The van der Waals surface area contributed by atoms with Crippen LogP contribution in [0.3, 0.4) is 0 Å². The smallest absolute Gasteiger partial charge is 0.0745 e. The highest BCUT2D eigenvalue weighted by Gasteiger charge is 2.51. The summed E-state index contributed by atoms with van der Waals surface area (Å²) in [5.41, 5.74) is -0.0347. The van der Waals surface area contributed by atoms with Crippen molar-refractivity contribution in [1.82, 2.24) is 0 Å². The second-order valence-corrected chi connectivity index (χ2v) is 3.83. The number of ether oxygens (including phenoxy) is 2. The lowest BCUT2D eigenvalue weighted by Crippen LogP contribution is -2.21. The highest BCUT2D eigenvalue weighted by Crippen LogP contribution is 2.46. The second-order valence-electron chi connectivity index (χ2n) is 3.83. The van der Waals surface area contributed by atoms with Crippen LogP contribution in [0.5, 0.6) is 0 Å². The van der Waals surface area contributed by atoms with Crippen molar-refractivity contribution >= 4 is 0 Å². The molecule has 1 aliphatic rings. The average molecular weight is 174 g/mol. The molecule has 3 nitrogen and oxygen atoms in total. The molecule has 0 bridgehead atoms. The van der Waals surface area contributed by atoms with Crippen LogP contribution >= 0.6 is 0 Å². The van der Waals surface area contributed by atoms with E-state index in [0.717, 1.165) is 13.0 Å². The standard InChI is InChI=1S/C9H18O3/c1-7(10)5-12-9(2)4-8(9)6-11-3/h7-8,10H,4-6H2,1-3H3. The minimum atomic E-state index is -0.370. The number of rotatable bonds is 5. The number of hydrogen-bond donors (Lipinski definition) is 1. The topological polar surface area (TPSA) is 38.7 Å². The quantitative estimate of drug-likeness (QED) is 0.670. The molecule has 0 saturated heterocycles. The maximum Gasteiger partial charge on any atom is 0.0745 e. The molecule has 0 aliphatic heterocycles. The van der Waals surface area contributed by atoms with Gasteiger partial charge >= 0.3 is 0 Å². The molecule has 1 aliphatic carbocycles. The van der Waals surface area contributed by atoms with Crippen molar-refractivity contribution in [3.05, 3.63) is 0 Å². The molecule has 72 valence electrons. The van der Waals surface area contributed by atoms with Crippen LogP contribution in [0, 0.1) is 5.92 Å². The second kappa shape index (κ2) is 3.73. The van der Waals surface area contributed by atoms with Crippen molar-refractivity contribution in [3.63, 3.8) is 0 Å². The zero-order valence-corrected chi connectivity index (χ0v) is 8.04. The van der Waals surface area contributed by atoms with Gasteiger partial charge in [0.25, 0.3) is 0 Å². The Labute approximate surface area is 73.7 Å². The fraction of sp³-hybridized carbons (Fsp3) is 1.00. The van der Waals surface area contributed by atoms with Gasteiger partial charge in [-0.05, 0) is 20.3 Å². The van der Waals surface area contributed by atoms with Crippen molar-refractivity contribution in [2.75, 3.05) is 20.3 Å². The molecule has 1 fully saturated rings. The van der Waals surface area contributed by atoms with Gasteiger partial charge in [0.05, 0.1) is 24.9 Å². The van der Waals surface area contributed by atoms with E-state index in [4.69, 9.17) is 14.6 Å². The first kappa shape index (κ1) is 9.96. The summed E-state index contributed by atoms with van der Waals surface area (Å²) >= 11 is 0. The van der Waals surface area contributed by atoms with Crippen molar-refractivity contribution in [3.8, 4) is 0 Å². The lowest BCUT2D eigenvalue weighted by atomic mass is 10.3. The largest absolute Gasteiger partial charge is 0.391 e. The zero-order chi connectivity index (χ0) is 9.19. The summed E-state index contributed by atoms with van der Waals surface area (Å²) in [5, 5.41) is 9.00. The molecule has 0 heterocycles. The van der Waals surface area contributed by atoms with Gasteiger partial charge in [-0.2, -0.15) is 0 Å². The van der Waals surface area contributed by atoms with Crippen LogP contribution < -0.4 is 0 Å². The summed E-state index contributed by atoms with van der Waals surface area (Å²) in [7, 11) is 1.70. The van der Waals surface area contributed by atoms with Crippen LogP contribution in [0.15, 0.2) is 0 Å². The molecule has 1 saturated carbocycles. The minimum absolute atomic E-state index is 0.0347. The van der Waals surface area contributed by atoms with E-state index in [2.05, 4.69) is 6.92 Å². The summed E-state index contributed by atoms with van der Waals surface area (Å²) in [6.07, 6.45) is 0.679.